The Morgan fingerprint density at radius 1 is 1.00 bits per heavy atom. The van der Waals surface area contributed by atoms with E-state index in [-0.39, 0.29) is 0 Å². The van der Waals surface area contributed by atoms with E-state index in [1.54, 1.807) is 0 Å². The van der Waals surface area contributed by atoms with Gasteiger partial charge in [-0.25, -0.2) is 0 Å². The third-order valence-electron chi connectivity index (χ3n) is 4.74. The summed E-state index contributed by atoms with van der Waals surface area (Å²) in [7, 11) is 0. The van der Waals surface area contributed by atoms with Gasteiger partial charge < -0.3 is 15.2 Å². The van der Waals surface area contributed by atoms with E-state index in [2.05, 4.69) is 63.7 Å². The van der Waals surface area contributed by atoms with Crippen molar-refractivity contribution in [2.24, 2.45) is 0 Å². The Balaban J connectivity index is 1.42. The SMILES string of the molecule is S=C(NCc1ccccc1)N1CCc2[nH]c3ccccc3c2CC1. The Labute approximate surface area is 147 Å². The quantitative estimate of drug-likeness (QED) is 0.701. The molecule has 0 spiro atoms. The highest BCUT2D eigenvalue weighted by Crippen LogP contribution is 2.25. The first-order valence-corrected chi connectivity index (χ1v) is 8.87. The molecular formula is C20H21N3S. The number of aromatic nitrogens is 1. The summed E-state index contributed by atoms with van der Waals surface area (Å²) in [6, 6.07) is 19.0. The highest BCUT2D eigenvalue weighted by Gasteiger charge is 2.19. The van der Waals surface area contributed by atoms with Crippen molar-refractivity contribution in [3.05, 3.63) is 71.4 Å². The van der Waals surface area contributed by atoms with Crippen LogP contribution in [0.1, 0.15) is 16.8 Å². The first-order valence-electron chi connectivity index (χ1n) is 8.46. The van der Waals surface area contributed by atoms with E-state index in [4.69, 9.17) is 12.2 Å². The lowest BCUT2D eigenvalue weighted by Crippen LogP contribution is -2.40. The Hall–Kier alpha value is -2.33. The summed E-state index contributed by atoms with van der Waals surface area (Å²) in [6.45, 7) is 2.71. The van der Waals surface area contributed by atoms with Crippen molar-refractivity contribution in [2.75, 3.05) is 13.1 Å². The van der Waals surface area contributed by atoms with E-state index in [9.17, 15) is 0 Å². The van der Waals surface area contributed by atoms with Crippen molar-refractivity contribution in [1.82, 2.24) is 15.2 Å². The van der Waals surface area contributed by atoms with Crippen LogP contribution in [0.25, 0.3) is 10.9 Å². The van der Waals surface area contributed by atoms with Gasteiger partial charge in [-0.15, -0.1) is 0 Å². The third-order valence-corrected chi connectivity index (χ3v) is 5.14. The zero-order valence-electron chi connectivity index (χ0n) is 13.6. The molecule has 2 aromatic carbocycles. The smallest absolute Gasteiger partial charge is 0.169 e. The molecular weight excluding hydrogens is 314 g/mol. The second kappa shape index (κ2) is 6.65. The van der Waals surface area contributed by atoms with Crippen LogP contribution in [0.15, 0.2) is 54.6 Å². The summed E-state index contributed by atoms with van der Waals surface area (Å²) < 4.78 is 0. The van der Waals surface area contributed by atoms with Crippen molar-refractivity contribution >= 4 is 28.2 Å². The predicted molar refractivity (Wildman–Crippen MR) is 103 cm³/mol. The van der Waals surface area contributed by atoms with Crippen molar-refractivity contribution in [2.45, 2.75) is 19.4 Å². The molecule has 0 atom stereocenters. The van der Waals surface area contributed by atoms with Gasteiger partial charge in [0.15, 0.2) is 5.11 Å². The number of hydrogen-bond donors (Lipinski definition) is 2. The highest BCUT2D eigenvalue weighted by atomic mass is 32.1. The number of rotatable bonds is 2. The van der Waals surface area contributed by atoms with E-state index >= 15 is 0 Å². The number of nitrogens with zero attached hydrogens (tertiary/aromatic N) is 1. The standard InChI is InChI=1S/C20H21N3S/c24-20(21-14-15-6-2-1-3-7-15)23-12-10-17-16-8-4-5-9-18(16)22-19(17)11-13-23/h1-9,22H,10-14H2,(H,21,24). The van der Waals surface area contributed by atoms with Crippen LogP contribution in [-0.4, -0.2) is 28.1 Å². The third kappa shape index (κ3) is 3.02. The molecule has 1 aliphatic rings. The van der Waals surface area contributed by atoms with Crippen LogP contribution in [0.3, 0.4) is 0 Å². The summed E-state index contributed by atoms with van der Waals surface area (Å²) in [5.41, 5.74) is 5.33. The van der Waals surface area contributed by atoms with E-state index in [0.717, 1.165) is 37.6 Å². The molecule has 0 saturated heterocycles. The van der Waals surface area contributed by atoms with Crippen molar-refractivity contribution in [3.8, 4) is 0 Å². The topological polar surface area (TPSA) is 31.1 Å². The van der Waals surface area contributed by atoms with Gasteiger partial charge >= 0.3 is 0 Å². The molecule has 0 amide bonds. The number of aromatic amines is 1. The molecule has 122 valence electrons. The Bertz CT molecular complexity index is 854. The average molecular weight is 335 g/mol. The average Bonchev–Trinajstić information content (AvgIpc) is 2.85. The van der Waals surface area contributed by atoms with Crippen LogP contribution >= 0.6 is 12.2 Å². The summed E-state index contributed by atoms with van der Waals surface area (Å²) in [5, 5.41) is 5.61. The van der Waals surface area contributed by atoms with Gasteiger partial charge in [-0.05, 0) is 35.8 Å². The minimum absolute atomic E-state index is 0.782. The Morgan fingerprint density at radius 2 is 1.75 bits per heavy atom. The highest BCUT2D eigenvalue weighted by molar-refractivity contribution is 7.80. The van der Waals surface area contributed by atoms with E-state index in [1.165, 1.54) is 27.7 Å². The fraction of sp³-hybridized carbons (Fsp3) is 0.250. The minimum atomic E-state index is 0.782. The summed E-state index contributed by atoms with van der Waals surface area (Å²) in [6.07, 6.45) is 2.05. The monoisotopic (exact) mass is 335 g/mol. The first-order chi connectivity index (χ1) is 11.8. The van der Waals surface area contributed by atoms with Gasteiger partial charge in [0.1, 0.15) is 0 Å². The van der Waals surface area contributed by atoms with Crippen LogP contribution in [0.2, 0.25) is 0 Å². The zero-order valence-corrected chi connectivity index (χ0v) is 14.4. The molecule has 0 aliphatic carbocycles. The number of thiocarbonyl (C=S) groups is 1. The van der Waals surface area contributed by atoms with E-state index < -0.39 is 0 Å². The van der Waals surface area contributed by atoms with Gasteiger partial charge in [0, 0.05) is 42.7 Å². The molecule has 0 radical (unpaired) electrons. The predicted octanol–water partition coefficient (Wildman–Crippen LogP) is 3.64. The zero-order chi connectivity index (χ0) is 16.4. The molecule has 0 saturated carbocycles. The minimum Gasteiger partial charge on any atom is -0.358 e. The fourth-order valence-electron chi connectivity index (χ4n) is 3.45. The molecule has 4 heteroatoms. The van der Waals surface area contributed by atoms with Gasteiger partial charge in [-0.1, -0.05) is 48.5 Å². The first kappa shape index (κ1) is 15.2. The van der Waals surface area contributed by atoms with Crippen molar-refractivity contribution in [3.63, 3.8) is 0 Å². The molecule has 3 aromatic rings. The van der Waals surface area contributed by atoms with Crippen molar-refractivity contribution < 1.29 is 0 Å². The lowest BCUT2D eigenvalue weighted by atomic mass is 10.1. The molecule has 1 aromatic heterocycles. The molecule has 0 unspecified atom stereocenters. The summed E-state index contributed by atoms with van der Waals surface area (Å²) >= 11 is 5.62. The van der Waals surface area contributed by atoms with Gasteiger partial charge in [0.25, 0.3) is 0 Å². The number of nitrogens with one attached hydrogen (secondary N) is 2. The molecule has 2 N–H and O–H groups in total. The van der Waals surface area contributed by atoms with Gasteiger partial charge in [-0.3, -0.25) is 0 Å². The Kier molecular flexibility index (Phi) is 4.22. The second-order valence-electron chi connectivity index (χ2n) is 6.26. The maximum Gasteiger partial charge on any atom is 0.169 e. The van der Waals surface area contributed by atoms with Gasteiger partial charge in [0.05, 0.1) is 0 Å². The number of para-hydroxylation sites is 1. The summed E-state index contributed by atoms with van der Waals surface area (Å²) in [5.74, 6) is 0. The van der Waals surface area contributed by atoms with Gasteiger partial charge in [-0.2, -0.15) is 0 Å². The van der Waals surface area contributed by atoms with Gasteiger partial charge in [0.2, 0.25) is 0 Å². The van der Waals surface area contributed by atoms with Crippen LogP contribution in [0.4, 0.5) is 0 Å². The summed E-state index contributed by atoms with van der Waals surface area (Å²) in [4.78, 5) is 5.88. The van der Waals surface area contributed by atoms with Crippen LogP contribution < -0.4 is 5.32 Å². The Morgan fingerprint density at radius 3 is 2.62 bits per heavy atom. The molecule has 24 heavy (non-hydrogen) atoms. The van der Waals surface area contributed by atoms with E-state index in [1.807, 2.05) is 6.07 Å². The number of benzene rings is 2. The second-order valence-corrected chi connectivity index (χ2v) is 6.65. The molecule has 0 fully saturated rings. The number of hydrogen-bond acceptors (Lipinski definition) is 1. The number of H-pyrrole nitrogens is 1. The largest absolute Gasteiger partial charge is 0.358 e. The van der Waals surface area contributed by atoms with Crippen LogP contribution in [-0.2, 0) is 19.4 Å². The van der Waals surface area contributed by atoms with Crippen molar-refractivity contribution in [1.29, 1.82) is 0 Å². The fourth-order valence-corrected chi connectivity index (χ4v) is 3.70. The molecule has 2 heterocycles. The maximum atomic E-state index is 5.62. The lowest BCUT2D eigenvalue weighted by Gasteiger charge is -2.24. The molecule has 4 rings (SSSR count). The molecule has 1 aliphatic heterocycles. The molecule has 0 bridgehead atoms. The van der Waals surface area contributed by atoms with Crippen LogP contribution in [0, 0.1) is 0 Å². The lowest BCUT2D eigenvalue weighted by molar-refractivity contribution is 0.430. The molecule has 3 nitrogen and oxygen atoms in total. The van der Waals surface area contributed by atoms with E-state index in [0.29, 0.717) is 0 Å². The van der Waals surface area contributed by atoms with Crippen LogP contribution in [0.5, 0.6) is 0 Å². The normalized spacial score (nSPS) is 14.2. The number of fused-ring (bicyclic) bond motifs is 3. The maximum absolute atomic E-state index is 5.62.